The van der Waals surface area contributed by atoms with E-state index in [1.54, 1.807) is 0 Å². The van der Waals surface area contributed by atoms with Gasteiger partial charge in [-0.25, -0.2) is 0 Å². The molecular weight excluding hydrogens is 857 g/mol. The van der Waals surface area contributed by atoms with E-state index in [4.69, 9.17) is 14.2 Å². The van der Waals surface area contributed by atoms with Crippen molar-refractivity contribution in [2.24, 2.45) is 10.2 Å². The molecule has 0 aliphatic heterocycles. The summed E-state index contributed by atoms with van der Waals surface area (Å²) in [6, 6.07) is 18.9. The molecule has 0 aliphatic rings. The molecule has 0 aromatic heterocycles. The molecule has 0 aliphatic carbocycles. The van der Waals surface area contributed by atoms with Gasteiger partial charge in [-0.2, -0.15) is 21.9 Å². The Morgan fingerprint density at radius 1 is 0.698 bits per heavy atom. The van der Waals surface area contributed by atoms with Crippen molar-refractivity contribution in [3.05, 3.63) is 90.0 Å². The van der Waals surface area contributed by atoms with Gasteiger partial charge in [0.2, 0.25) is 5.91 Å². The van der Waals surface area contributed by atoms with Gasteiger partial charge in [0.1, 0.15) is 46.8 Å². The maximum absolute atomic E-state index is 13.0. The molecule has 5 aromatic rings. The Balaban J connectivity index is 1.21. The van der Waals surface area contributed by atoms with Gasteiger partial charge in [0.05, 0.1) is 22.0 Å². The van der Waals surface area contributed by atoms with Crippen LogP contribution in [0.2, 0.25) is 0 Å². The molecule has 2 amide bonds. The summed E-state index contributed by atoms with van der Waals surface area (Å²) < 4.78 is 85.5. The van der Waals surface area contributed by atoms with Crippen LogP contribution in [0.4, 0.5) is 22.7 Å². The van der Waals surface area contributed by atoms with Crippen LogP contribution in [0.25, 0.3) is 10.8 Å². The van der Waals surface area contributed by atoms with Gasteiger partial charge < -0.3 is 35.1 Å². The minimum Gasteiger partial charge on any atom is -0.506 e. The van der Waals surface area contributed by atoms with Crippen LogP contribution in [0.3, 0.4) is 0 Å². The van der Waals surface area contributed by atoms with Crippen molar-refractivity contribution in [3.63, 3.8) is 0 Å². The van der Waals surface area contributed by atoms with E-state index < -0.39 is 53.3 Å². The molecule has 5 rings (SSSR count). The maximum Gasteiger partial charge on any atom is 0.296 e. The zero-order chi connectivity index (χ0) is 46.5. The summed E-state index contributed by atoms with van der Waals surface area (Å²) in [5.74, 6) is -0.864. The molecule has 5 aromatic carbocycles. The minimum absolute atomic E-state index is 0.0250. The Morgan fingerprint density at radius 2 is 1.33 bits per heavy atom. The van der Waals surface area contributed by atoms with Crippen LogP contribution in [0.15, 0.2) is 98.9 Å². The van der Waals surface area contributed by atoms with Gasteiger partial charge in [0.25, 0.3) is 26.1 Å². The lowest BCUT2D eigenvalue weighted by Gasteiger charge is -2.30. The normalized spacial score (nSPS) is 12.3. The summed E-state index contributed by atoms with van der Waals surface area (Å²) in [6.07, 6.45) is 1.83. The third-order valence-electron chi connectivity index (χ3n) is 10.6. The number of amides is 2. The number of anilines is 2. The van der Waals surface area contributed by atoms with E-state index in [1.807, 2.05) is 12.1 Å². The number of benzene rings is 5. The Hall–Kier alpha value is -6.28. The van der Waals surface area contributed by atoms with Crippen molar-refractivity contribution >= 4 is 65.6 Å². The molecule has 6 N–H and O–H groups in total. The largest absolute Gasteiger partial charge is 0.506 e. The molecule has 336 valence electrons. The number of azo groups is 1. The molecule has 63 heavy (non-hydrogen) atoms. The molecule has 0 heterocycles. The highest BCUT2D eigenvalue weighted by molar-refractivity contribution is 7.86. The van der Waals surface area contributed by atoms with E-state index in [1.165, 1.54) is 48.0 Å². The number of hydrogen-bond acceptors (Lipinski definition) is 13. The van der Waals surface area contributed by atoms with Crippen molar-refractivity contribution in [2.75, 3.05) is 30.5 Å². The van der Waals surface area contributed by atoms with Gasteiger partial charge in [-0.1, -0.05) is 53.7 Å². The van der Waals surface area contributed by atoms with Crippen LogP contribution in [0.5, 0.6) is 28.7 Å². The standard InChI is InChI=1S/C44H50N4O13S2/c1-8-43(4,5)28-10-17-37(33(22-28)44(6,7)9-2)61-25-39(51)46-34-23-31(15-16-36(34)50)60-19-18-59-30-13-11-29(12-14-30)47-48-41-38(63(56,57)58)21-27-20-32(62(53,54)55)24-35(45-26(3)49)40(27)42(41)52/h10-17,20-24,50,52H,8-9,18-19,25H2,1-7H3,(H,45,49)(H,46,51)(H,53,54,55)(H,56,57,58). The number of nitrogens with zero attached hydrogens (tertiary/aromatic N) is 2. The van der Waals surface area contributed by atoms with Gasteiger partial charge in [0.15, 0.2) is 12.4 Å². The fourth-order valence-corrected chi connectivity index (χ4v) is 7.46. The predicted molar refractivity (Wildman–Crippen MR) is 236 cm³/mol. The highest BCUT2D eigenvalue weighted by Gasteiger charge is 2.28. The molecular formula is C44H50N4O13S2. The highest BCUT2D eigenvalue weighted by Crippen LogP contribution is 2.45. The number of carbonyl (C=O) groups is 2. The van der Waals surface area contributed by atoms with Crippen molar-refractivity contribution in [1.82, 2.24) is 0 Å². The number of nitrogens with one attached hydrogen (secondary N) is 2. The van der Waals surface area contributed by atoms with Crippen molar-refractivity contribution in [1.29, 1.82) is 0 Å². The second-order valence-corrected chi connectivity index (χ2v) is 18.7. The lowest BCUT2D eigenvalue weighted by atomic mass is 9.76. The summed E-state index contributed by atoms with van der Waals surface area (Å²) in [5.41, 5.74) is 1.25. The second kappa shape index (κ2) is 19.0. The van der Waals surface area contributed by atoms with E-state index in [9.17, 15) is 45.7 Å². The van der Waals surface area contributed by atoms with Crippen molar-refractivity contribution < 1.29 is 60.0 Å². The van der Waals surface area contributed by atoms with E-state index in [-0.39, 0.29) is 64.2 Å². The third-order valence-corrected chi connectivity index (χ3v) is 12.3. The lowest BCUT2D eigenvalue weighted by molar-refractivity contribution is -0.118. The monoisotopic (exact) mass is 906 g/mol. The molecule has 17 nitrogen and oxygen atoms in total. The van der Waals surface area contributed by atoms with Gasteiger partial charge >= 0.3 is 0 Å². The summed E-state index contributed by atoms with van der Waals surface area (Å²) in [7, 11) is -9.94. The molecule has 0 unspecified atom stereocenters. The van der Waals surface area contributed by atoms with Crippen LogP contribution in [0, 0.1) is 0 Å². The molecule has 0 saturated carbocycles. The Morgan fingerprint density at radius 3 is 1.94 bits per heavy atom. The van der Waals surface area contributed by atoms with Crippen LogP contribution >= 0.6 is 0 Å². The van der Waals surface area contributed by atoms with Gasteiger partial charge in [-0.05, 0) is 95.3 Å². The molecule has 0 spiro atoms. The van der Waals surface area contributed by atoms with E-state index in [0.717, 1.165) is 43.5 Å². The first-order chi connectivity index (χ1) is 29.4. The Kier molecular flexibility index (Phi) is 14.4. The van der Waals surface area contributed by atoms with Gasteiger partial charge in [0, 0.05) is 23.9 Å². The number of rotatable bonds is 18. The van der Waals surface area contributed by atoms with Crippen LogP contribution in [-0.4, -0.2) is 67.8 Å². The highest BCUT2D eigenvalue weighted by atomic mass is 32.2. The van der Waals surface area contributed by atoms with Gasteiger partial charge in [-0.3, -0.25) is 18.7 Å². The number of hydrogen-bond donors (Lipinski definition) is 6. The minimum atomic E-state index is -5.09. The Bertz CT molecular complexity index is 2790. The Labute approximate surface area is 365 Å². The SMILES string of the molecule is CCC(C)(C)c1ccc(OCC(=O)Nc2cc(OCCOc3ccc(N=Nc4c(S(=O)(=O)O)cc5cc(S(=O)(=O)O)cc(NC(C)=O)c5c4O)cc3)ccc2O)c(C(C)(C)CC)c1. The fraction of sp³-hybridized carbons (Fsp3) is 0.318. The predicted octanol–water partition coefficient (Wildman–Crippen LogP) is 8.97. The van der Waals surface area contributed by atoms with Gasteiger partial charge in [-0.15, -0.1) is 5.11 Å². The van der Waals surface area contributed by atoms with Crippen LogP contribution < -0.4 is 24.8 Å². The number of phenolic OH excluding ortho intramolecular Hbond substituents is 2. The zero-order valence-corrected chi connectivity index (χ0v) is 37.3. The number of ether oxygens (including phenoxy) is 3. The van der Waals surface area contributed by atoms with Crippen molar-refractivity contribution in [3.8, 4) is 28.7 Å². The fourth-order valence-electron chi connectivity index (χ4n) is 6.26. The number of aromatic hydroxyl groups is 2. The smallest absolute Gasteiger partial charge is 0.296 e. The first-order valence-corrected chi connectivity index (χ1v) is 22.6. The first kappa shape index (κ1) is 47.8. The average molecular weight is 907 g/mol. The zero-order valence-electron chi connectivity index (χ0n) is 35.7. The topological polar surface area (TPSA) is 260 Å². The van der Waals surface area contributed by atoms with E-state index >= 15 is 0 Å². The molecule has 0 bridgehead atoms. The quantitative estimate of drug-likeness (QED) is 0.0208. The first-order valence-electron chi connectivity index (χ1n) is 19.7. The third kappa shape index (κ3) is 11.8. The lowest BCUT2D eigenvalue weighted by Crippen LogP contribution is -2.24. The number of phenols is 2. The molecule has 0 saturated heterocycles. The molecule has 0 fully saturated rings. The number of fused-ring (bicyclic) bond motifs is 1. The molecule has 0 atom stereocenters. The summed E-state index contributed by atoms with van der Waals surface area (Å²) >= 11 is 0. The second-order valence-electron chi connectivity index (χ2n) is 15.9. The van der Waals surface area contributed by atoms with E-state index in [0.29, 0.717) is 17.2 Å². The maximum atomic E-state index is 13.0. The average Bonchev–Trinajstić information content (AvgIpc) is 3.21. The van der Waals surface area contributed by atoms with Crippen molar-refractivity contribution in [2.45, 2.75) is 81.9 Å². The summed E-state index contributed by atoms with van der Waals surface area (Å²) in [5, 5.41) is 33.9. The summed E-state index contributed by atoms with van der Waals surface area (Å²) in [4.78, 5) is 23.2. The summed E-state index contributed by atoms with van der Waals surface area (Å²) in [6.45, 7) is 13.9. The van der Waals surface area contributed by atoms with Crippen LogP contribution in [-0.2, 0) is 40.7 Å². The molecule has 19 heteroatoms. The number of carbonyl (C=O) groups excluding carboxylic acids is 2. The molecule has 0 radical (unpaired) electrons. The van der Waals surface area contributed by atoms with E-state index in [2.05, 4.69) is 68.5 Å². The van der Waals surface area contributed by atoms with Crippen LogP contribution in [0.1, 0.15) is 72.4 Å².